The molecule has 1 aliphatic rings. The van der Waals surface area contributed by atoms with Crippen LogP contribution in [0.1, 0.15) is 47.1 Å². The highest BCUT2D eigenvalue weighted by molar-refractivity contribution is 5.77. The van der Waals surface area contributed by atoms with Crippen LogP contribution in [0.3, 0.4) is 0 Å². The number of amides is 1. The number of nitrogen functional groups attached to an aromatic ring is 1. The largest absolute Gasteiger partial charge is 0.368 e. The second kappa shape index (κ2) is 9.52. The molecule has 0 aliphatic carbocycles. The number of likely N-dealkylation sites (tertiary alicyclic amines) is 1. The number of aromatic nitrogens is 3. The molecule has 0 spiro atoms. The lowest BCUT2D eigenvalue weighted by Gasteiger charge is -2.18. The van der Waals surface area contributed by atoms with Gasteiger partial charge in [0.1, 0.15) is 5.82 Å². The lowest BCUT2D eigenvalue weighted by atomic mass is 10.0. The van der Waals surface area contributed by atoms with Crippen LogP contribution in [0, 0.1) is 26.6 Å². The molecule has 1 aliphatic heterocycles. The Balaban J connectivity index is 1.39. The van der Waals surface area contributed by atoms with Crippen molar-refractivity contribution in [1.82, 2.24) is 19.9 Å². The number of halogens is 1. The van der Waals surface area contributed by atoms with Gasteiger partial charge in [0.15, 0.2) is 0 Å². The van der Waals surface area contributed by atoms with Crippen LogP contribution in [-0.4, -0.2) is 38.8 Å². The Morgan fingerprint density at radius 1 is 1.09 bits per heavy atom. The van der Waals surface area contributed by atoms with E-state index in [9.17, 15) is 9.18 Å². The number of rotatable bonds is 6. The zero-order valence-electron chi connectivity index (χ0n) is 19.2. The monoisotopic (exact) mass is 448 g/mol. The van der Waals surface area contributed by atoms with E-state index in [1.54, 1.807) is 12.1 Å². The van der Waals surface area contributed by atoms with Gasteiger partial charge < -0.3 is 16.0 Å². The molecular formula is C25H29FN6O. The number of aryl methyl sites for hydroxylation is 3. The number of hydrogen-bond donors (Lipinski definition) is 2. The molecule has 0 radical (unpaired) electrons. The Hall–Kier alpha value is -3.55. The summed E-state index contributed by atoms with van der Waals surface area (Å²) in [6, 6.07) is 10.2. The van der Waals surface area contributed by atoms with Crippen LogP contribution < -0.4 is 11.1 Å². The molecule has 3 aromatic rings. The molecule has 3 N–H and O–H groups in total. The summed E-state index contributed by atoms with van der Waals surface area (Å²) in [5, 5.41) is 3.31. The Labute approximate surface area is 193 Å². The molecule has 7 nitrogen and oxygen atoms in total. The van der Waals surface area contributed by atoms with Gasteiger partial charge in [0, 0.05) is 59.6 Å². The van der Waals surface area contributed by atoms with E-state index in [-0.39, 0.29) is 23.6 Å². The summed E-state index contributed by atoms with van der Waals surface area (Å²) in [7, 11) is 0. The van der Waals surface area contributed by atoms with Gasteiger partial charge in [-0.2, -0.15) is 0 Å². The summed E-state index contributed by atoms with van der Waals surface area (Å²) < 4.78 is 13.2. The first kappa shape index (κ1) is 22.6. The first-order valence-electron chi connectivity index (χ1n) is 11.2. The van der Waals surface area contributed by atoms with Crippen molar-refractivity contribution in [3.63, 3.8) is 0 Å². The molecule has 172 valence electrons. The lowest BCUT2D eigenvalue weighted by Crippen LogP contribution is -2.29. The van der Waals surface area contributed by atoms with Crippen LogP contribution in [0.15, 0.2) is 36.4 Å². The van der Waals surface area contributed by atoms with Crippen molar-refractivity contribution >= 4 is 23.2 Å². The van der Waals surface area contributed by atoms with Gasteiger partial charge in [0.25, 0.3) is 0 Å². The first-order valence-corrected chi connectivity index (χ1v) is 11.2. The van der Waals surface area contributed by atoms with Gasteiger partial charge in [-0.15, -0.1) is 0 Å². The van der Waals surface area contributed by atoms with E-state index in [0.29, 0.717) is 19.4 Å². The van der Waals surface area contributed by atoms with Crippen LogP contribution >= 0.6 is 0 Å². The van der Waals surface area contributed by atoms with Gasteiger partial charge in [-0.05, 0) is 75.6 Å². The summed E-state index contributed by atoms with van der Waals surface area (Å²) in [5.74, 6) is 0.315. The third kappa shape index (κ3) is 5.45. The molecule has 4 rings (SSSR count). The van der Waals surface area contributed by atoms with Crippen molar-refractivity contribution < 1.29 is 9.18 Å². The molecule has 3 heterocycles. The summed E-state index contributed by atoms with van der Waals surface area (Å²) in [6.07, 6.45) is 1.90. The molecule has 0 bridgehead atoms. The van der Waals surface area contributed by atoms with Crippen molar-refractivity contribution in [2.45, 2.75) is 46.0 Å². The van der Waals surface area contributed by atoms with E-state index in [1.165, 1.54) is 12.1 Å². The van der Waals surface area contributed by atoms with Crippen molar-refractivity contribution in [3.05, 3.63) is 70.6 Å². The maximum Gasteiger partial charge on any atom is 0.222 e. The maximum atomic E-state index is 13.2. The second-order valence-electron chi connectivity index (χ2n) is 8.61. The minimum Gasteiger partial charge on any atom is -0.368 e. The van der Waals surface area contributed by atoms with Crippen LogP contribution in [-0.2, 0) is 11.2 Å². The number of hydrogen-bond acceptors (Lipinski definition) is 6. The number of carbonyl (C=O) groups excluding carboxylic acids is 1. The Morgan fingerprint density at radius 2 is 1.79 bits per heavy atom. The molecule has 1 fully saturated rings. The van der Waals surface area contributed by atoms with Gasteiger partial charge in [-0.1, -0.05) is 0 Å². The molecule has 2 aromatic heterocycles. The fourth-order valence-electron chi connectivity index (χ4n) is 4.42. The molecule has 8 heteroatoms. The maximum absolute atomic E-state index is 13.2. The van der Waals surface area contributed by atoms with E-state index < -0.39 is 0 Å². The smallest absolute Gasteiger partial charge is 0.222 e. The van der Waals surface area contributed by atoms with Crippen molar-refractivity contribution in [3.8, 4) is 0 Å². The van der Waals surface area contributed by atoms with E-state index in [1.807, 2.05) is 37.8 Å². The Kier molecular flexibility index (Phi) is 6.53. The van der Waals surface area contributed by atoms with Gasteiger partial charge in [-0.25, -0.2) is 14.4 Å². The predicted octanol–water partition coefficient (Wildman–Crippen LogP) is 4.21. The van der Waals surface area contributed by atoms with Crippen molar-refractivity contribution in [1.29, 1.82) is 0 Å². The molecular weight excluding hydrogens is 419 g/mol. The molecule has 1 aromatic carbocycles. The number of nitrogens with two attached hydrogens (primary N) is 1. The lowest BCUT2D eigenvalue weighted by molar-refractivity contribution is -0.130. The number of anilines is 3. The molecule has 33 heavy (non-hydrogen) atoms. The minimum atomic E-state index is -0.267. The zero-order valence-corrected chi connectivity index (χ0v) is 19.2. The predicted molar refractivity (Wildman–Crippen MR) is 127 cm³/mol. The van der Waals surface area contributed by atoms with E-state index in [4.69, 9.17) is 10.7 Å². The number of pyridine rings is 1. The van der Waals surface area contributed by atoms with E-state index >= 15 is 0 Å². The van der Waals surface area contributed by atoms with Gasteiger partial charge >= 0.3 is 0 Å². The van der Waals surface area contributed by atoms with Gasteiger partial charge in [0.05, 0.1) is 0 Å². The molecule has 1 atom stereocenters. The van der Waals surface area contributed by atoms with Crippen molar-refractivity contribution in [2.24, 2.45) is 0 Å². The fourth-order valence-corrected chi connectivity index (χ4v) is 4.42. The summed E-state index contributed by atoms with van der Waals surface area (Å²) >= 11 is 0. The highest BCUT2D eigenvalue weighted by atomic mass is 19.1. The molecule has 1 unspecified atom stereocenters. The fraction of sp³-hybridized carbons (Fsp3) is 0.360. The van der Waals surface area contributed by atoms with Crippen molar-refractivity contribution in [2.75, 3.05) is 24.1 Å². The van der Waals surface area contributed by atoms with E-state index in [2.05, 4.69) is 15.3 Å². The van der Waals surface area contributed by atoms with Crippen LogP contribution in [0.4, 0.5) is 21.7 Å². The highest BCUT2D eigenvalue weighted by Gasteiger charge is 2.28. The number of nitrogens with one attached hydrogen (secondary N) is 1. The Bertz CT molecular complexity index is 1140. The van der Waals surface area contributed by atoms with Gasteiger partial charge in [-0.3, -0.25) is 9.78 Å². The Morgan fingerprint density at radius 3 is 2.48 bits per heavy atom. The standard InChI is InChI=1S/C25H29FN6O/c1-15-12-21(31-20-6-4-19(26)5-7-20)13-23(28-15)18-10-11-32(14-18)24(33)9-8-22-16(2)29-25(27)30-17(22)3/h4-7,12-13,18H,8-11,14H2,1-3H3,(H,28,31)(H2,27,29,30). The number of benzene rings is 1. The second-order valence-corrected chi connectivity index (χ2v) is 8.61. The SMILES string of the molecule is Cc1cc(Nc2ccc(F)cc2)cc(C2CCN(C(=O)CCc3c(C)nc(N)nc3C)C2)n1. The average molecular weight is 449 g/mol. The molecule has 0 saturated carbocycles. The van der Waals surface area contributed by atoms with Crippen LogP contribution in [0.2, 0.25) is 0 Å². The molecule has 1 amide bonds. The summed E-state index contributed by atoms with van der Waals surface area (Å²) in [5.41, 5.74) is 11.9. The third-order valence-corrected chi connectivity index (χ3v) is 6.09. The quantitative estimate of drug-likeness (QED) is 0.586. The summed E-state index contributed by atoms with van der Waals surface area (Å²) in [4.78, 5) is 28.0. The van der Waals surface area contributed by atoms with Crippen LogP contribution in [0.5, 0.6) is 0 Å². The highest BCUT2D eigenvalue weighted by Crippen LogP contribution is 2.29. The topological polar surface area (TPSA) is 97.0 Å². The van der Waals surface area contributed by atoms with E-state index in [0.717, 1.165) is 52.7 Å². The normalized spacial score (nSPS) is 15.6. The zero-order chi connectivity index (χ0) is 23.5. The third-order valence-electron chi connectivity index (χ3n) is 6.09. The van der Waals surface area contributed by atoms with Crippen LogP contribution in [0.25, 0.3) is 0 Å². The number of carbonyl (C=O) groups is 1. The summed E-state index contributed by atoms with van der Waals surface area (Å²) in [6.45, 7) is 7.13. The first-order chi connectivity index (χ1) is 15.8. The minimum absolute atomic E-state index is 0.130. The average Bonchev–Trinajstić information content (AvgIpc) is 3.25. The molecule has 1 saturated heterocycles. The van der Waals surface area contributed by atoms with Gasteiger partial charge in [0.2, 0.25) is 11.9 Å². The number of nitrogens with zero attached hydrogens (tertiary/aromatic N) is 4.